The molecule has 0 radical (unpaired) electrons. The number of amides is 2. The van der Waals surface area contributed by atoms with Crippen LogP contribution in [0.25, 0.3) is 0 Å². The van der Waals surface area contributed by atoms with Crippen LogP contribution in [0.2, 0.25) is 0 Å². The second-order valence-corrected chi connectivity index (χ2v) is 4.75. The predicted molar refractivity (Wildman–Crippen MR) is 84.8 cm³/mol. The van der Waals surface area contributed by atoms with Crippen molar-refractivity contribution in [1.82, 2.24) is 4.90 Å². The summed E-state index contributed by atoms with van der Waals surface area (Å²) in [5, 5.41) is 11.2. The first-order chi connectivity index (χ1) is 11.3. The molecule has 0 aliphatic heterocycles. The Balaban J connectivity index is 3.09. The second-order valence-electron chi connectivity index (χ2n) is 4.75. The van der Waals surface area contributed by atoms with Gasteiger partial charge in [0.25, 0.3) is 0 Å². The van der Waals surface area contributed by atoms with Gasteiger partial charge in [0.05, 0.1) is 39.0 Å². The summed E-state index contributed by atoms with van der Waals surface area (Å²) < 4.78 is 15.0. The lowest BCUT2D eigenvalue weighted by atomic mass is 10.1. The van der Waals surface area contributed by atoms with Crippen molar-refractivity contribution in [3.63, 3.8) is 0 Å². The average Bonchev–Trinajstić information content (AvgIpc) is 2.57. The van der Waals surface area contributed by atoms with Crippen molar-refractivity contribution in [3.8, 4) is 11.5 Å². The fourth-order valence-electron chi connectivity index (χ4n) is 1.87. The molecule has 0 atom stereocenters. The molecule has 132 valence electrons. The highest BCUT2D eigenvalue weighted by Gasteiger charge is 2.19. The monoisotopic (exact) mass is 340 g/mol. The lowest BCUT2D eigenvalue weighted by Crippen LogP contribution is -2.33. The highest BCUT2D eigenvalue weighted by molar-refractivity contribution is 5.96. The Bertz CT molecular complexity index is 630. The minimum Gasteiger partial charge on any atom is -0.493 e. The molecule has 9 heteroatoms. The number of esters is 1. The number of anilines is 1. The first-order valence-electron chi connectivity index (χ1n) is 6.92. The summed E-state index contributed by atoms with van der Waals surface area (Å²) in [7, 11) is 5.46. The zero-order valence-electron chi connectivity index (χ0n) is 13.9. The molecule has 0 saturated heterocycles. The fraction of sp³-hybridized carbons (Fsp3) is 0.400. The number of rotatable bonds is 7. The molecule has 0 heterocycles. The number of nitrogens with zero attached hydrogens (tertiary/aromatic N) is 1. The van der Waals surface area contributed by atoms with Crippen molar-refractivity contribution in [1.29, 1.82) is 0 Å². The van der Waals surface area contributed by atoms with E-state index in [0.29, 0.717) is 0 Å². The standard InChI is InChI=1S/C15H20N2O7/c1-17(6-5-12(18)19)15(21)16-10-7-9(14(20)24-4)8-11(22-2)13(10)23-3/h7-8H,5-6H2,1-4H3,(H,16,21)(H,18,19). The van der Waals surface area contributed by atoms with Gasteiger partial charge < -0.3 is 29.5 Å². The molecule has 1 aromatic rings. The fourth-order valence-corrected chi connectivity index (χ4v) is 1.87. The molecule has 0 unspecified atom stereocenters. The number of carbonyl (C=O) groups is 3. The third-order valence-corrected chi connectivity index (χ3v) is 3.15. The van der Waals surface area contributed by atoms with Crippen LogP contribution in [0, 0.1) is 0 Å². The summed E-state index contributed by atoms with van der Waals surface area (Å²) >= 11 is 0. The van der Waals surface area contributed by atoms with Crippen LogP contribution >= 0.6 is 0 Å². The first-order valence-corrected chi connectivity index (χ1v) is 6.92. The maximum atomic E-state index is 12.2. The smallest absolute Gasteiger partial charge is 0.338 e. The van der Waals surface area contributed by atoms with Gasteiger partial charge in [0, 0.05) is 13.6 Å². The van der Waals surface area contributed by atoms with Crippen molar-refractivity contribution in [2.24, 2.45) is 0 Å². The molecule has 2 N–H and O–H groups in total. The zero-order chi connectivity index (χ0) is 18.3. The van der Waals surface area contributed by atoms with E-state index in [1.165, 1.54) is 45.4 Å². The largest absolute Gasteiger partial charge is 0.493 e. The molecule has 1 aromatic carbocycles. The van der Waals surface area contributed by atoms with Crippen molar-refractivity contribution >= 4 is 23.7 Å². The lowest BCUT2D eigenvalue weighted by Gasteiger charge is -2.19. The highest BCUT2D eigenvalue weighted by Crippen LogP contribution is 2.37. The molecule has 2 amide bonds. The Kier molecular flexibility index (Phi) is 6.84. The van der Waals surface area contributed by atoms with Crippen molar-refractivity contribution in [3.05, 3.63) is 17.7 Å². The van der Waals surface area contributed by atoms with Crippen LogP contribution in [0.4, 0.5) is 10.5 Å². The van der Waals surface area contributed by atoms with E-state index >= 15 is 0 Å². The summed E-state index contributed by atoms with van der Waals surface area (Å²) in [6.45, 7) is 0.0251. The Morgan fingerprint density at radius 1 is 1.17 bits per heavy atom. The van der Waals surface area contributed by atoms with E-state index in [1.54, 1.807) is 0 Å². The maximum absolute atomic E-state index is 12.2. The van der Waals surface area contributed by atoms with Gasteiger partial charge >= 0.3 is 18.0 Å². The molecule has 0 aromatic heterocycles. The van der Waals surface area contributed by atoms with Crippen molar-refractivity contribution in [2.75, 3.05) is 40.2 Å². The molecule has 0 bridgehead atoms. The molecular weight excluding hydrogens is 320 g/mol. The molecular formula is C15H20N2O7. The quantitative estimate of drug-likeness (QED) is 0.722. The number of carboxylic acid groups (broad SMARTS) is 1. The average molecular weight is 340 g/mol. The molecule has 1 rings (SSSR count). The van der Waals surface area contributed by atoms with E-state index in [9.17, 15) is 14.4 Å². The normalized spacial score (nSPS) is 9.83. The predicted octanol–water partition coefficient (Wildman–Crippen LogP) is 1.43. The maximum Gasteiger partial charge on any atom is 0.338 e. The summed E-state index contributed by atoms with van der Waals surface area (Å²) in [4.78, 5) is 35.7. The molecule has 0 spiro atoms. The number of benzene rings is 1. The number of methoxy groups -OCH3 is 3. The van der Waals surface area contributed by atoms with Gasteiger partial charge in [0.1, 0.15) is 0 Å². The number of aliphatic carboxylic acids is 1. The van der Waals surface area contributed by atoms with Crippen LogP contribution in [0.15, 0.2) is 12.1 Å². The summed E-state index contributed by atoms with van der Waals surface area (Å²) in [6, 6.07) is 2.25. The van der Waals surface area contributed by atoms with Gasteiger partial charge in [-0.05, 0) is 12.1 Å². The van der Waals surface area contributed by atoms with Gasteiger partial charge in [-0.1, -0.05) is 0 Å². The topological polar surface area (TPSA) is 114 Å². The number of urea groups is 1. The summed E-state index contributed by atoms with van der Waals surface area (Å²) in [6.07, 6.45) is -0.188. The number of hydrogen-bond acceptors (Lipinski definition) is 6. The third-order valence-electron chi connectivity index (χ3n) is 3.15. The minimum absolute atomic E-state index is 0.0251. The third kappa shape index (κ3) is 4.77. The minimum atomic E-state index is -1.01. The molecule has 0 aliphatic rings. The van der Waals surface area contributed by atoms with Gasteiger partial charge in [-0.2, -0.15) is 0 Å². The van der Waals surface area contributed by atoms with Gasteiger partial charge in [-0.25, -0.2) is 9.59 Å². The number of carbonyl (C=O) groups excluding carboxylic acids is 2. The lowest BCUT2D eigenvalue weighted by molar-refractivity contribution is -0.137. The Labute approximate surface area is 139 Å². The van der Waals surface area contributed by atoms with E-state index in [-0.39, 0.29) is 35.7 Å². The molecule has 24 heavy (non-hydrogen) atoms. The van der Waals surface area contributed by atoms with E-state index in [4.69, 9.17) is 14.6 Å². The summed E-state index contributed by atoms with van der Waals surface area (Å²) in [5.41, 5.74) is 0.364. The van der Waals surface area contributed by atoms with E-state index in [2.05, 4.69) is 10.1 Å². The van der Waals surface area contributed by atoms with Gasteiger partial charge in [0.15, 0.2) is 11.5 Å². The Morgan fingerprint density at radius 2 is 1.83 bits per heavy atom. The van der Waals surface area contributed by atoms with Crippen LogP contribution < -0.4 is 14.8 Å². The van der Waals surface area contributed by atoms with Crippen LogP contribution in [-0.2, 0) is 9.53 Å². The van der Waals surface area contributed by atoms with Gasteiger partial charge in [-0.3, -0.25) is 4.79 Å². The Morgan fingerprint density at radius 3 is 2.33 bits per heavy atom. The van der Waals surface area contributed by atoms with Crippen LogP contribution in [0.3, 0.4) is 0 Å². The number of hydrogen-bond donors (Lipinski definition) is 2. The van der Waals surface area contributed by atoms with Gasteiger partial charge in [-0.15, -0.1) is 0 Å². The van der Waals surface area contributed by atoms with Crippen molar-refractivity contribution < 1.29 is 33.7 Å². The van der Waals surface area contributed by atoms with Crippen LogP contribution in [0.1, 0.15) is 16.8 Å². The zero-order valence-corrected chi connectivity index (χ0v) is 13.9. The first kappa shape index (κ1) is 19.1. The molecule has 9 nitrogen and oxygen atoms in total. The summed E-state index contributed by atoms with van der Waals surface area (Å²) in [5.74, 6) is -1.15. The highest BCUT2D eigenvalue weighted by atomic mass is 16.5. The van der Waals surface area contributed by atoms with Crippen LogP contribution in [-0.4, -0.2) is 62.9 Å². The number of carboxylic acids is 1. The molecule has 0 saturated carbocycles. The van der Waals surface area contributed by atoms with Crippen LogP contribution in [0.5, 0.6) is 11.5 Å². The molecule has 0 aliphatic carbocycles. The molecule has 0 fully saturated rings. The SMILES string of the molecule is COC(=O)c1cc(NC(=O)N(C)CCC(=O)O)c(OC)c(OC)c1. The second kappa shape index (κ2) is 8.61. The van der Waals surface area contributed by atoms with E-state index in [0.717, 1.165) is 0 Å². The van der Waals surface area contributed by atoms with Crippen molar-refractivity contribution in [2.45, 2.75) is 6.42 Å². The van der Waals surface area contributed by atoms with E-state index < -0.39 is 18.0 Å². The number of ether oxygens (including phenoxy) is 3. The Hall–Kier alpha value is -2.97. The van der Waals surface area contributed by atoms with Gasteiger partial charge in [0.2, 0.25) is 0 Å². The van der Waals surface area contributed by atoms with E-state index in [1.807, 2.05) is 0 Å². The number of nitrogens with one attached hydrogen (secondary N) is 1.